The standard InChI is InChI=1S/C24H15F3N4O/c25-24(26,27)15-8-3-7-14(11-15)19-18(12-28)22(29)32-23-20(19)21(30-31-23)17-10-4-6-13-5-1-2-9-16(13)17/h1-11,19H,29H2,(H,30,31)/t19-/m0/s1. The van der Waals surface area contributed by atoms with E-state index in [0.717, 1.165) is 28.5 Å². The lowest BCUT2D eigenvalue weighted by atomic mass is 9.82. The van der Waals surface area contributed by atoms with E-state index in [1.165, 1.54) is 6.07 Å². The number of fused-ring (bicyclic) bond motifs is 2. The van der Waals surface area contributed by atoms with Gasteiger partial charge in [0.15, 0.2) is 0 Å². The quantitative estimate of drug-likeness (QED) is 0.440. The second kappa shape index (κ2) is 7.17. The Hall–Kier alpha value is -4.25. The molecule has 0 unspecified atom stereocenters. The molecule has 5 rings (SSSR count). The normalized spacial score (nSPS) is 15.9. The van der Waals surface area contributed by atoms with Crippen LogP contribution in [-0.4, -0.2) is 10.2 Å². The molecule has 1 aliphatic heterocycles. The third-order valence-electron chi connectivity index (χ3n) is 5.55. The van der Waals surface area contributed by atoms with Crippen LogP contribution in [0, 0.1) is 11.3 Å². The molecule has 0 aliphatic carbocycles. The molecule has 32 heavy (non-hydrogen) atoms. The van der Waals surface area contributed by atoms with E-state index < -0.39 is 17.7 Å². The zero-order chi connectivity index (χ0) is 22.5. The van der Waals surface area contributed by atoms with E-state index >= 15 is 0 Å². The number of aromatic nitrogens is 2. The van der Waals surface area contributed by atoms with Gasteiger partial charge >= 0.3 is 6.18 Å². The maximum atomic E-state index is 13.4. The van der Waals surface area contributed by atoms with Crippen molar-refractivity contribution in [3.05, 3.63) is 94.9 Å². The molecular formula is C24H15F3N4O. The van der Waals surface area contributed by atoms with Crippen molar-refractivity contribution in [2.45, 2.75) is 12.1 Å². The van der Waals surface area contributed by atoms with Gasteiger partial charge in [-0.2, -0.15) is 18.4 Å². The van der Waals surface area contributed by atoms with Gasteiger partial charge in [0.2, 0.25) is 11.8 Å². The highest BCUT2D eigenvalue weighted by atomic mass is 19.4. The van der Waals surface area contributed by atoms with Crippen LogP contribution in [0.5, 0.6) is 5.88 Å². The third-order valence-corrected chi connectivity index (χ3v) is 5.55. The number of aromatic amines is 1. The van der Waals surface area contributed by atoms with Crippen molar-refractivity contribution in [1.82, 2.24) is 10.2 Å². The Morgan fingerprint density at radius 3 is 2.56 bits per heavy atom. The van der Waals surface area contributed by atoms with Crippen LogP contribution < -0.4 is 10.5 Å². The second-order valence-corrected chi connectivity index (χ2v) is 7.39. The van der Waals surface area contributed by atoms with Gasteiger partial charge in [0.25, 0.3) is 0 Å². The summed E-state index contributed by atoms with van der Waals surface area (Å²) in [5.41, 5.74) is 7.25. The molecule has 158 valence electrons. The number of halogens is 3. The van der Waals surface area contributed by atoms with E-state index in [4.69, 9.17) is 10.5 Å². The van der Waals surface area contributed by atoms with Crippen molar-refractivity contribution in [3.63, 3.8) is 0 Å². The van der Waals surface area contributed by atoms with Crippen LogP contribution in [-0.2, 0) is 6.18 Å². The van der Waals surface area contributed by atoms with E-state index in [1.807, 2.05) is 48.5 Å². The number of nitriles is 1. The highest BCUT2D eigenvalue weighted by Gasteiger charge is 2.37. The predicted molar refractivity (Wildman–Crippen MR) is 112 cm³/mol. The molecule has 8 heteroatoms. The molecule has 0 fully saturated rings. The average Bonchev–Trinajstić information content (AvgIpc) is 3.20. The Bertz CT molecular complexity index is 1420. The zero-order valence-electron chi connectivity index (χ0n) is 16.4. The number of allylic oxidation sites excluding steroid dienone is 1. The van der Waals surface area contributed by atoms with E-state index in [-0.39, 0.29) is 22.9 Å². The maximum Gasteiger partial charge on any atom is 0.416 e. The molecule has 5 nitrogen and oxygen atoms in total. The smallest absolute Gasteiger partial charge is 0.416 e. The van der Waals surface area contributed by atoms with Crippen LogP contribution in [0.4, 0.5) is 13.2 Å². The van der Waals surface area contributed by atoms with Crippen LogP contribution in [0.15, 0.2) is 78.2 Å². The summed E-state index contributed by atoms with van der Waals surface area (Å²) in [6.07, 6.45) is -4.53. The Labute approximate surface area is 180 Å². The number of ether oxygens (including phenoxy) is 1. The monoisotopic (exact) mass is 432 g/mol. The van der Waals surface area contributed by atoms with Crippen LogP contribution in [0.1, 0.15) is 22.6 Å². The first-order chi connectivity index (χ1) is 15.4. The summed E-state index contributed by atoms with van der Waals surface area (Å²) in [4.78, 5) is 0. The van der Waals surface area contributed by atoms with Crippen molar-refractivity contribution in [2.75, 3.05) is 0 Å². The molecule has 0 saturated heterocycles. The molecule has 1 aliphatic rings. The number of alkyl halides is 3. The number of hydrogen-bond donors (Lipinski definition) is 2. The number of nitrogens with zero attached hydrogens (tertiary/aromatic N) is 2. The van der Waals surface area contributed by atoms with E-state index in [9.17, 15) is 18.4 Å². The topological polar surface area (TPSA) is 87.7 Å². The molecule has 0 saturated carbocycles. The van der Waals surface area contributed by atoms with Crippen LogP contribution in [0.2, 0.25) is 0 Å². The Balaban J connectivity index is 1.77. The van der Waals surface area contributed by atoms with Crippen molar-refractivity contribution in [2.24, 2.45) is 5.73 Å². The predicted octanol–water partition coefficient (Wildman–Crippen LogP) is 5.47. The Morgan fingerprint density at radius 2 is 1.78 bits per heavy atom. The van der Waals surface area contributed by atoms with Gasteiger partial charge < -0.3 is 10.5 Å². The van der Waals surface area contributed by atoms with E-state index in [0.29, 0.717) is 11.3 Å². The lowest BCUT2D eigenvalue weighted by molar-refractivity contribution is -0.137. The molecule has 2 heterocycles. The molecule has 1 atom stereocenters. The fourth-order valence-corrected chi connectivity index (χ4v) is 4.12. The van der Waals surface area contributed by atoms with Crippen LogP contribution >= 0.6 is 0 Å². The summed E-state index contributed by atoms with van der Waals surface area (Å²) >= 11 is 0. The SMILES string of the molecule is N#CC1=C(N)Oc2n[nH]c(-c3cccc4ccccc34)c2[C@H]1c1cccc(C(F)(F)F)c1. The molecule has 0 bridgehead atoms. The fraction of sp³-hybridized carbons (Fsp3) is 0.0833. The summed E-state index contributed by atoms with van der Waals surface area (Å²) in [6.45, 7) is 0. The molecule has 3 N–H and O–H groups in total. The summed E-state index contributed by atoms with van der Waals surface area (Å²) in [5, 5.41) is 18.9. The number of nitrogens with two attached hydrogens (primary N) is 1. The first kappa shape index (κ1) is 19.7. The van der Waals surface area contributed by atoms with Gasteiger partial charge in [-0.1, -0.05) is 60.7 Å². The number of nitrogens with one attached hydrogen (secondary N) is 1. The van der Waals surface area contributed by atoms with E-state index in [2.05, 4.69) is 10.2 Å². The first-order valence-electron chi connectivity index (χ1n) is 9.69. The lowest BCUT2D eigenvalue weighted by Gasteiger charge is -2.25. The van der Waals surface area contributed by atoms with Gasteiger partial charge in [-0.3, -0.25) is 5.10 Å². The Kier molecular flexibility index (Phi) is 4.41. The minimum Gasteiger partial charge on any atom is -0.420 e. The van der Waals surface area contributed by atoms with Crippen LogP contribution in [0.3, 0.4) is 0 Å². The molecule has 4 aromatic rings. The summed E-state index contributed by atoms with van der Waals surface area (Å²) in [7, 11) is 0. The second-order valence-electron chi connectivity index (χ2n) is 7.39. The molecule has 1 aromatic heterocycles. The van der Waals surface area contributed by atoms with Crippen molar-refractivity contribution in [3.8, 4) is 23.2 Å². The van der Waals surface area contributed by atoms with Gasteiger partial charge in [0, 0.05) is 5.56 Å². The minimum absolute atomic E-state index is 0.0275. The van der Waals surface area contributed by atoms with Crippen LogP contribution in [0.25, 0.3) is 22.0 Å². The van der Waals surface area contributed by atoms with Gasteiger partial charge in [-0.25, -0.2) is 0 Å². The van der Waals surface area contributed by atoms with Crippen molar-refractivity contribution >= 4 is 10.8 Å². The number of rotatable bonds is 2. The first-order valence-corrected chi connectivity index (χ1v) is 9.69. The van der Waals surface area contributed by atoms with Gasteiger partial charge in [0.05, 0.1) is 22.7 Å². The number of benzene rings is 3. The maximum absolute atomic E-state index is 13.4. The average molecular weight is 432 g/mol. The van der Waals surface area contributed by atoms with Crippen molar-refractivity contribution < 1.29 is 17.9 Å². The molecule has 0 spiro atoms. The Morgan fingerprint density at radius 1 is 1.03 bits per heavy atom. The zero-order valence-corrected chi connectivity index (χ0v) is 16.4. The molecule has 3 aromatic carbocycles. The highest BCUT2D eigenvalue weighted by molar-refractivity contribution is 5.97. The third kappa shape index (κ3) is 3.06. The summed E-state index contributed by atoms with van der Waals surface area (Å²) in [5.74, 6) is -0.927. The largest absolute Gasteiger partial charge is 0.420 e. The fourth-order valence-electron chi connectivity index (χ4n) is 4.12. The number of H-pyrrole nitrogens is 1. The van der Waals surface area contributed by atoms with E-state index in [1.54, 1.807) is 6.07 Å². The van der Waals surface area contributed by atoms with Gasteiger partial charge in [0.1, 0.15) is 11.6 Å². The summed E-state index contributed by atoms with van der Waals surface area (Å²) in [6, 6.07) is 20.3. The molecule has 0 amide bonds. The van der Waals surface area contributed by atoms with Gasteiger partial charge in [-0.15, -0.1) is 5.10 Å². The minimum atomic E-state index is -4.53. The van der Waals surface area contributed by atoms with Gasteiger partial charge in [-0.05, 0) is 22.4 Å². The molecule has 0 radical (unpaired) electrons. The lowest BCUT2D eigenvalue weighted by Crippen LogP contribution is -2.21. The molecular weight excluding hydrogens is 417 g/mol. The van der Waals surface area contributed by atoms with Crippen molar-refractivity contribution in [1.29, 1.82) is 5.26 Å². The number of hydrogen-bond acceptors (Lipinski definition) is 4. The summed E-state index contributed by atoms with van der Waals surface area (Å²) < 4.78 is 45.8. The highest BCUT2D eigenvalue weighted by Crippen LogP contribution is 2.47.